The predicted octanol–water partition coefficient (Wildman–Crippen LogP) is 1.97. The van der Waals surface area contributed by atoms with Crippen molar-refractivity contribution in [1.29, 1.82) is 0 Å². The minimum absolute atomic E-state index is 0.0399. The lowest BCUT2D eigenvalue weighted by Crippen LogP contribution is -2.45. The van der Waals surface area contributed by atoms with Crippen LogP contribution >= 0.6 is 0 Å². The maximum atomic E-state index is 12.0. The molecule has 0 bridgehead atoms. The van der Waals surface area contributed by atoms with Gasteiger partial charge in [-0.15, -0.1) is 0 Å². The van der Waals surface area contributed by atoms with E-state index >= 15 is 0 Å². The van der Waals surface area contributed by atoms with E-state index in [0.717, 1.165) is 42.6 Å². The molecule has 1 aromatic carbocycles. The van der Waals surface area contributed by atoms with E-state index in [9.17, 15) is 9.90 Å². The average Bonchev–Trinajstić information content (AvgIpc) is 2.43. The smallest absolute Gasteiger partial charge is 0.224 e. The molecule has 4 heteroatoms. The van der Waals surface area contributed by atoms with Gasteiger partial charge in [0.1, 0.15) is 5.75 Å². The van der Waals surface area contributed by atoms with Gasteiger partial charge < -0.3 is 15.2 Å². The van der Waals surface area contributed by atoms with E-state index in [1.165, 1.54) is 0 Å². The molecule has 110 valence electrons. The number of ether oxygens (including phenoxy) is 1. The second kappa shape index (κ2) is 6.75. The molecule has 0 unspecified atom stereocenters. The second-order valence-corrected chi connectivity index (χ2v) is 5.51. The van der Waals surface area contributed by atoms with E-state index in [0.29, 0.717) is 6.42 Å². The van der Waals surface area contributed by atoms with Gasteiger partial charge in [-0.25, -0.2) is 0 Å². The molecule has 2 N–H and O–H groups in total. The van der Waals surface area contributed by atoms with Crippen LogP contribution in [0.1, 0.15) is 36.8 Å². The number of aryl methyl sites for hydroxylation is 1. The summed E-state index contributed by atoms with van der Waals surface area (Å²) in [5.41, 5.74) is 1.98. The van der Waals surface area contributed by atoms with Gasteiger partial charge in [0.15, 0.2) is 0 Å². The molecule has 0 heterocycles. The van der Waals surface area contributed by atoms with Crippen molar-refractivity contribution in [2.45, 2.75) is 51.2 Å². The molecule has 0 aliphatic heterocycles. The van der Waals surface area contributed by atoms with Crippen LogP contribution in [0.3, 0.4) is 0 Å². The highest BCUT2D eigenvalue weighted by Gasteiger charge is 2.24. The molecule has 0 spiro atoms. The van der Waals surface area contributed by atoms with Crippen LogP contribution in [0, 0.1) is 6.92 Å². The van der Waals surface area contributed by atoms with Crippen molar-refractivity contribution in [3.05, 3.63) is 29.3 Å². The van der Waals surface area contributed by atoms with Crippen LogP contribution in [0.25, 0.3) is 0 Å². The first-order valence-electron chi connectivity index (χ1n) is 7.21. The SMILES string of the molecule is COc1cc(CC(=O)N[C@@H]2CCCC[C@H]2O)ccc1C. The summed E-state index contributed by atoms with van der Waals surface area (Å²) in [6.07, 6.45) is 3.68. The number of amides is 1. The molecule has 1 fully saturated rings. The molecule has 1 saturated carbocycles. The molecular weight excluding hydrogens is 254 g/mol. The normalized spacial score (nSPS) is 22.4. The Morgan fingerprint density at radius 1 is 1.40 bits per heavy atom. The summed E-state index contributed by atoms with van der Waals surface area (Å²) >= 11 is 0. The molecule has 0 aromatic heterocycles. The van der Waals surface area contributed by atoms with Crippen molar-refractivity contribution in [2.75, 3.05) is 7.11 Å². The molecule has 1 aromatic rings. The van der Waals surface area contributed by atoms with Crippen molar-refractivity contribution in [1.82, 2.24) is 5.32 Å². The molecule has 2 atom stereocenters. The first-order chi connectivity index (χ1) is 9.60. The van der Waals surface area contributed by atoms with Gasteiger partial charge in [0, 0.05) is 0 Å². The largest absolute Gasteiger partial charge is 0.496 e. The minimum atomic E-state index is -0.403. The minimum Gasteiger partial charge on any atom is -0.496 e. The zero-order chi connectivity index (χ0) is 14.5. The van der Waals surface area contributed by atoms with Crippen LogP contribution in [0.4, 0.5) is 0 Å². The fourth-order valence-electron chi connectivity index (χ4n) is 2.70. The Morgan fingerprint density at radius 3 is 2.85 bits per heavy atom. The van der Waals surface area contributed by atoms with Crippen LogP contribution in [-0.2, 0) is 11.2 Å². The van der Waals surface area contributed by atoms with Crippen LogP contribution in [0.5, 0.6) is 5.75 Å². The van der Waals surface area contributed by atoms with Gasteiger partial charge in [0.25, 0.3) is 0 Å². The van der Waals surface area contributed by atoms with Crippen molar-refractivity contribution >= 4 is 5.91 Å². The highest BCUT2D eigenvalue weighted by molar-refractivity contribution is 5.79. The average molecular weight is 277 g/mol. The van der Waals surface area contributed by atoms with Crippen LogP contribution in [-0.4, -0.2) is 30.3 Å². The number of benzene rings is 1. The van der Waals surface area contributed by atoms with Crippen LogP contribution < -0.4 is 10.1 Å². The zero-order valence-electron chi connectivity index (χ0n) is 12.2. The fourth-order valence-corrected chi connectivity index (χ4v) is 2.70. The van der Waals surface area contributed by atoms with Crippen molar-refractivity contribution in [2.24, 2.45) is 0 Å². The predicted molar refractivity (Wildman–Crippen MR) is 77.8 cm³/mol. The molecule has 0 saturated heterocycles. The Hall–Kier alpha value is -1.55. The summed E-state index contributed by atoms with van der Waals surface area (Å²) in [4.78, 5) is 12.0. The molecule has 20 heavy (non-hydrogen) atoms. The molecule has 4 nitrogen and oxygen atoms in total. The van der Waals surface area contributed by atoms with Gasteiger partial charge in [-0.3, -0.25) is 4.79 Å². The molecule has 1 aliphatic carbocycles. The lowest BCUT2D eigenvalue weighted by molar-refractivity contribution is -0.122. The number of nitrogens with one attached hydrogen (secondary N) is 1. The molecule has 1 aliphatic rings. The van der Waals surface area contributed by atoms with E-state index in [1.807, 2.05) is 25.1 Å². The molecular formula is C16H23NO3. The Kier molecular flexibility index (Phi) is 5.01. The van der Waals surface area contributed by atoms with Gasteiger partial charge in [-0.2, -0.15) is 0 Å². The number of aliphatic hydroxyl groups is 1. The summed E-state index contributed by atoms with van der Waals surface area (Å²) in [7, 11) is 1.63. The number of methoxy groups -OCH3 is 1. The molecule has 0 radical (unpaired) electrons. The van der Waals surface area contributed by atoms with Crippen molar-refractivity contribution in [3.63, 3.8) is 0 Å². The number of carbonyl (C=O) groups excluding carboxylic acids is 1. The molecule has 2 rings (SSSR count). The van der Waals surface area contributed by atoms with Gasteiger partial charge in [0.2, 0.25) is 5.91 Å². The fraction of sp³-hybridized carbons (Fsp3) is 0.562. The Labute approximate surface area is 120 Å². The van der Waals surface area contributed by atoms with Gasteiger partial charge in [-0.05, 0) is 37.0 Å². The van der Waals surface area contributed by atoms with E-state index in [1.54, 1.807) is 7.11 Å². The maximum absolute atomic E-state index is 12.0. The third-order valence-electron chi connectivity index (χ3n) is 3.91. The third kappa shape index (κ3) is 3.73. The van der Waals surface area contributed by atoms with Crippen LogP contribution in [0.2, 0.25) is 0 Å². The lowest BCUT2D eigenvalue weighted by atomic mass is 9.92. The number of hydrogen-bond donors (Lipinski definition) is 2. The maximum Gasteiger partial charge on any atom is 0.224 e. The molecule has 1 amide bonds. The summed E-state index contributed by atoms with van der Waals surface area (Å²) < 4.78 is 5.26. The van der Waals surface area contributed by atoms with Gasteiger partial charge in [0.05, 0.1) is 25.7 Å². The highest BCUT2D eigenvalue weighted by Crippen LogP contribution is 2.20. The first-order valence-corrected chi connectivity index (χ1v) is 7.21. The topological polar surface area (TPSA) is 58.6 Å². The Balaban J connectivity index is 1.94. The van der Waals surface area contributed by atoms with Gasteiger partial charge in [-0.1, -0.05) is 25.0 Å². The van der Waals surface area contributed by atoms with E-state index < -0.39 is 6.10 Å². The summed E-state index contributed by atoms with van der Waals surface area (Å²) in [5, 5.41) is 12.8. The number of rotatable bonds is 4. The van der Waals surface area contributed by atoms with E-state index in [2.05, 4.69) is 5.32 Å². The Morgan fingerprint density at radius 2 is 2.15 bits per heavy atom. The van der Waals surface area contributed by atoms with Gasteiger partial charge >= 0.3 is 0 Å². The number of hydrogen-bond acceptors (Lipinski definition) is 3. The highest BCUT2D eigenvalue weighted by atomic mass is 16.5. The lowest BCUT2D eigenvalue weighted by Gasteiger charge is -2.28. The second-order valence-electron chi connectivity index (χ2n) is 5.51. The zero-order valence-corrected chi connectivity index (χ0v) is 12.2. The van der Waals surface area contributed by atoms with E-state index in [-0.39, 0.29) is 11.9 Å². The number of aliphatic hydroxyl groups excluding tert-OH is 1. The first kappa shape index (κ1) is 14.9. The van der Waals surface area contributed by atoms with Crippen molar-refractivity contribution < 1.29 is 14.6 Å². The third-order valence-corrected chi connectivity index (χ3v) is 3.91. The number of carbonyl (C=O) groups is 1. The van der Waals surface area contributed by atoms with Crippen molar-refractivity contribution in [3.8, 4) is 5.75 Å². The summed E-state index contributed by atoms with van der Waals surface area (Å²) in [5.74, 6) is 0.759. The van der Waals surface area contributed by atoms with Crippen LogP contribution in [0.15, 0.2) is 18.2 Å². The Bertz CT molecular complexity index is 473. The summed E-state index contributed by atoms with van der Waals surface area (Å²) in [6, 6.07) is 5.70. The summed E-state index contributed by atoms with van der Waals surface area (Å²) in [6.45, 7) is 1.97. The monoisotopic (exact) mass is 277 g/mol. The quantitative estimate of drug-likeness (QED) is 0.884. The van der Waals surface area contributed by atoms with E-state index in [4.69, 9.17) is 4.74 Å². The standard InChI is InChI=1S/C16H23NO3/c1-11-7-8-12(9-15(11)20-2)10-16(19)17-13-5-3-4-6-14(13)18/h7-9,13-14,18H,3-6,10H2,1-2H3,(H,17,19)/t13-,14-/m1/s1.